The number of ether oxygens (including phenoxy) is 1. The number of nitrogens with zero attached hydrogens (tertiary/aromatic N) is 1. The van der Waals surface area contributed by atoms with Crippen molar-refractivity contribution in [2.45, 2.75) is 31.9 Å². The van der Waals surface area contributed by atoms with E-state index in [1.807, 2.05) is 0 Å². The first-order valence-electron chi connectivity index (χ1n) is 7.53. The standard InChI is InChI=1S/C16H24N2O/c1-2-5-15-13-18(9-7-14(15)4-1)10-8-17-12-16-6-3-11-19-16/h1-2,4-5,16-17H,3,6-13H2. The summed E-state index contributed by atoms with van der Waals surface area (Å²) >= 11 is 0. The Morgan fingerprint density at radius 1 is 1.26 bits per heavy atom. The van der Waals surface area contributed by atoms with Gasteiger partial charge in [0.2, 0.25) is 0 Å². The Kier molecular flexibility index (Phi) is 4.49. The molecule has 2 heterocycles. The Bertz CT molecular complexity index is 401. The van der Waals surface area contributed by atoms with Crippen LogP contribution in [0.15, 0.2) is 24.3 Å². The van der Waals surface area contributed by atoms with E-state index in [1.54, 1.807) is 0 Å². The van der Waals surface area contributed by atoms with Crippen molar-refractivity contribution in [2.24, 2.45) is 0 Å². The molecule has 0 saturated carbocycles. The first-order valence-corrected chi connectivity index (χ1v) is 7.53. The van der Waals surface area contributed by atoms with Gasteiger partial charge in [-0.3, -0.25) is 4.90 Å². The summed E-state index contributed by atoms with van der Waals surface area (Å²) in [4.78, 5) is 2.55. The van der Waals surface area contributed by atoms with Gasteiger partial charge < -0.3 is 10.1 Å². The molecule has 3 rings (SSSR count). The molecule has 0 bridgehead atoms. The van der Waals surface area contributed by atoms with Crippen LogP contribution in [0.4, 0.5) is 0 Å². The first kappa shape index (κ1) is 13.1. The highest BCUT2D eigenvalue weighted by atomic mass is 16.5. The Morgan fingerprint density at radius 3 is 3.00 bits per heavy atom. The molecule has 0 aliphatic carbocycles. The number of fused-ring (bicyclic) bond motifs is 1. The molecular formula is C16H24N2O. The molecule has 1 aromatic rings. The average molecular weight is 260 g/mol. The van der Waals surface area contributed by atoms with Gasteiger partial charge in [-0.2, -0.15) is 0 Å². The number of hydrogen-bond donors (Lipinski definition) is 1. The molecule has 1 fully saturated rings. The van der Waals surface area contributed by atoms with E-state index < -0.39 is 0 Å². The SMILES string of the molecule is c1ccc2c(c1)CCN(CCNCC1CCCO1)C2. The van der Waals surface area contributed by atoms with Gasteiger partial charge in [-0.1, -0.05) is 24.3 Å². The van der Waals surface area contributed by atoms with Gasteiger partial charge in [0.25, 0.3) is 0 Å². The monoisotopic (exact) mass is 260 g/mol. The molecule has 0 amide bonds. The zero-order valence-corrected chi connectivity index (χ0v) is 11.6. The van der Waals surface area contributed by atoms with Crippen molar-refractivity contribution in [3.63, 3.8) is 0 Å². The van der Waals surface area contributed by atoms with Crippen LogP contribution in [-0.2, 0) is 17.7 Å². The lowest BCUT2D eigenvalue weighted by Crippen LogP contribution is -2.37. The Morgan fingerprint density at radius 2 is 2.16 bits per heavy atom. The highest BCUT2D eigenvalue weighted by Crippen LogP contribution is 2.17. The molecule has 0 aromatic heterocycles. The highest BCUT2D eigenvalue weighted by molar-refractivity contribution is 5.28. The van der Waals surface area contributed by atoms with Gasteiger partial charge in [0.05, 0.1) is 6.10 Å². The van der Waals surface area contributed by atoms with Crippen LogP contribution in [0.25, 0.3) is 0 Å². The molecule has 3 nitrogen and oxygen atoms in total. The summed E-state index contributed by atoms with van der Waals surface area (Å²) in [5.41, 5.74) is 3.04. The summed E-state index contributed by atoms with van der Waals surface area (Å²) < 4.78 is 5.62. The largest absolute Gasteiger partial charge is 0.377 e. The molecule has 2 aliphatic heterocycles. The van der Waals surface area contributed by atoms with Gasteiger partial charge >= 0.3 is 0 Å². The van der Waals surface area contributed by atoms with Crippen LogP contribution in [0.2, 0.25) is 0 Å². The van der Waals surface area contributed by atoms with Gasteiger partial charge in [0.1, 0.15) is 0 Å². The molecule has 3 heteroatoms. The van der Waals surface area contributed by atoms with Crippen molar-refractivity contribution >= 4 is 0 Å². The number of rotatable bonds is 5. The summed E-state index contributed by atoms with van der Waals surface area (Å²) in [5.74, 6) is 0. The Hall–Kier alpha value is -0.900. The second-order valence-electron chi connectivity index (χ2n) is 5.63. The maximum Gasteiger partial charge on any atom is 0.0700 e. The number of nitrogens with one attached hydrogen (secondary N) is 1. The second kappa shape index (κ2) is 6.51. The quantitative estimate of drug-likeness (QED) is 0.817. The van der Waals surface area contributed by atoms with E-state index in [4.69, 9.17) is 4.74 Å². The average Bonchev–Trinajstić information content (AvgIpc) is 2.97. The predicted molar refractivity (Wildman–Crippen MR) is 77.3 cm³/mol. The third kappa shape index (κ3) is 3.56. The highest BCUT2D eigenvalue weighted by Gasteiger charge is 2.16. The van der Waals surface area contributed by atoms with Crippen LogP contribution in [0.1, 0.15) is 24.0 Å². The van der Waals surface area contributed by atoms with Gasteiger partial charge in [0, 0.05) is 39.3 Å². The molecule has 1 unspecified atom stereocenters. The molecule has 1 atom stereocenters. The fraction of sp³-hybridized carbons (Fsp3) is 0.625. The maximum atomic E-state index is 5.62. The van der Waals surface area contributed by atoms with Crippen LogP contribution in [-0.4, -0.2) is 43.8 Å². The summed E-state index contributed by atoms with van der Waals surface area (Å²) in [6.45, 7) is 6.49. The van der Waals surface area contributed by atoms with Crippen LogP contribution in [0, 0.1) is 0 Å². The van der Waals surface area contributed by atoms with Gasteiger partial charge in [0.15, 0.2) is 0 Å². The topological polar surface area (TPSA) is 24.5 Å². The van der Waals surface area contributed by atoms with E-state index in [9.17, 15) is 0 Å². The summed E-state index contributed by atoms with van der Waals surface area (Å²) in [6.07, 6.45) is 4.11. The molecule has 0 spiro atoms. The zero-order chi connectivity index (χ0) is 12.9. The smallest absolute Gasteiger partial charge is 0.0700 e. The first-order chi connectivity index (χ1) is 9.42. The van der Waals surface area contributed by atoms with Crippen molar-refractivity contribution in [2.75, 3.05) is 32.8 Å². The van der Waals surface area contributed by atoms with Crippen LogP contribution < -0.4 is 5.32 Å². The lowest BCUT2D eigenvalue weighted by molar-refractivity contribution is 0.109. The molecule has 104 valence electrons. The van der Waals surface area contributed by atoms with E-state index in [2.05, 4.69) is 34.5 Å². The lowest BCUT2D eigenvalue weighted by Gasteiger charge is -2.28. The minimum absolute atomic E-state index is 0.460. The van der Waals surface area contributed by atoms with Crippen LogP contribution >= 0.6 is 0 Å². The third-order valence-electron chi connectivity index (χ3n) is 4.21. The van der Waals surface area contributed by atoms with E-state index in [0.717, 1.165) is 32.8 Å². The van der Waals surface area contributed by atoms with Gasteiger partial charge in [-0.25, -0.2) is 0 Å². The van der Waals surface area contributed by atoms with Gasteiger partial charge in [-0.05, 0) is 30.4 Å². The summed E-state index contributed by atoms with van der Waals surface area (Å²) in [6, 6.07) is 8.83. The summed E-state index contributed by atoms with van der Waals surface area (Å²) in [5, 5.41) is 3.53. The maximum absolute atomic E-state index is 5.62. The second-order valence-corrected chi connectivity index (χ2v) is 5.63. The molecule has 19 heavy (non-hydrogen) atoms. The molecule has 1 aromatic carbocycles. The minimum atomic E-state index is 0.460. The Balaban J connectivity index is 1.37. The van der Waals surface area contributed by atoms with Gasteiger partial charge in [-0.15, -0.1) is 0 Å². The van der Waals surface area contributed by atoms with Crippen molar-refractivity contribution < 1.29 is 4.74 Å². The van der Waals surface area contributed by atoms with Crippen molar-refractivity contribution in [3.8, 4) is 0 Å². The van der Waals surface area contributed by atoms with E-state index in [-0.39, 0.29) is 0 Å². The van der Waals surface area contributed by atoms with E-state index in [0.29, 0.717) is 6.10 Å². The zero-order valence-electron chi connectivity index (χ0n) is 11.6. The molecular weight excluding hydrogens is 236 g/mol. The molecule has 2 aliphatic rings. The van der Waals surface area contributed by atoms with Crippen molar-refractivity contribution in [3.05, 3.63) is 35.4 Å². The van der Waals surface area contributed by atoms with E-state index in [1.165, 1.54) is 36.9 Å². The predicted octanol–water partition coefficient (Wildman–Crippen LogP) is 1.81. The fourth-order valence-corrected chi connectivity index (χ4v) is 3.05. The number of benzene rings is 1. The Labute approximate surface area is 115 Å². The molecule has 0 radical (unpaired) electrons. The van der Waals surface area contributed by atoms with Crippen LogP contribution in [0.5, 0.6) is 0 Å². The van der Waals surface area contributed by atoms with E-state index >= 15 is 0 Å². The minimum Gasteiger partial charge on any atom is -0.377 e. The molecule has 1 N–H and O–H groups in total. The van der Waals surface area contributed by atoms with Crippen LogP contribution in [0.3, 0.4) is 0 Å². The normalized spacial score (nSPS) is 23.5. The third-order valence-corrected chi connectivity index (χ3v) is 4.21. The van der Waals surface area contributed by atoms with Crippen molar-refractivity contribution in [1.82, 2.24) is 10.2 Å². The summed E-state index contributed by atoms with van der Waals surface area (Å²) in [7, 11) is 0. The fourth-order valence-electron chi connectivity index (χ4n) is 3.05. The molecule has 1 saturated heterocycles. The lowest BCUT2D eigenvalue weighted by atomic mass is 10.00. The van der Waals surface area contributed by atoms with Crippen molar-refractivity contribution in [1.29, 1.82) is 0 Å². The number of hydrogen-bond acceptors (Lipinski definition) is 3.